The van der Waals surface area contributed by atoms with Crippen molar-refractivity contribution >= 4 is 21.8 Å². The van der Waals surface area contributed by atoms with E-state index in [0.29, 0.717) is 4.67 Å². The lowest BCUT2D eigenvalue weighted by molar-refractivity contribution is 0.0739. The maximum absolute atomic E-state index is 11.8. The predicted molar refractivity (Wildman–Crippen MR) is 58.3 cm³/mol. The van der Waals surface area contributed by atoms with Crippen molar-refractivity contribution in [1.29, 1.82) is 5.26 Å². The Labute approximate surface area is 96.6 Å². The second-order valence-electron chi connectivity index (χ2n) is 3.28. The predicted octanol–water partition coefficient (Wildman–Crippen LogP) is 2.33. The lowest BCUT2D eigenvalue weighted by Gasteiger charge is -2.18. The zero-order valence-corrected chi connectivity index (χ0v) is 10.3. The van der Waals surface area contributed by atoms with Crippen LogP contribution >= 0.6 is 15.9 Å². The molecule has 4 nitrogen and oxygen atoms in total. The molecule has 1 heterocycles. The van der Waals surface area contributed by atoms with Crippen LogP contribution in [0.3, 0.4) is 0 Å². The Hall–Kier alpha value is -1.28. The smallest absolute Gasteiger partial charge is 0.290 e. The second kappa shape index (κ2) is 4.49. The Morgan fingerprint density at radius 1 is 1.73 bits per heavy atom. The van der Waals surface area contributed by atoms with Crippen LogP contribution in [0.15, 0.2) is 15.2 Å². The molecule has 0 N–H and O–H groups in total. The zero-order chi connectivity index (χ0) is 11.6. The van der Waals surface area contributed by atoms with Crippen LogP contribution in [0.1, 0.15) is 23.0 Å². The highest BCUT2D eigenvalue weighted by Gasteiger charge is 2.22. The van der Waals surface area contributed by atoms with Crippen molar-refractivity contribution in [3.63, 3.8) is 0 Å². The first-order chi connectivity index (χ1) is 6.97. The number of carbonyl (C=O) groups is 1. The molecule has 0 unspecified atom stereocenters. The van der Waals surface area contributed by atoms with Crippen molar-refractivity contribution < 1.29 is 9.21 Å². The summed E-state index contributed by atoms with van der Waals surface area (Å²) in [5, 5.41) is 8.69. The number of hydrogen-bond acceptors (Lipinski definition) is 3. The SMILES string of the molecule is Cc1cc(Br)oc1C(=O)N(C)[C@@H](C)C#N. The van der Waals surface area contributed by atoms with Crippen LogP contribution in [0, 0.1) is 18.3 Å². The normalized spacial score (nSPS) is 11.9. The van der Waals surface area contributed by atoms with Crippen LogP contribution in [0.2, 0.25) is 0 Å². The number of halogens is 1. The van der Waals surface area contributed by atoms with E-state index in [1.807, 2.05) is 6.07 Å². The fourth-order valence-electron chi connectivity index (χ4n) is 1.08. The van der Waals surface area contributed by atoms with E-state index in [2.05, 4.69) is 15.9 Å². The van der Waals surface area contributed by atoms with Crippen molar-refractivity contribution in [1.82, 2.24) is 4.90 Å². The van der Waals surface area contributed by atoms with Crippen LogP contribution in [0.4, 0.5) is 0 Å². The van der Waals surface area contributed by atoms with E-state index in [-0.39, 0.29) is 11.7 Å². The monoisotopic (exact) mass is 270 g/mol. The van der Waals surface area contributed by atoms with Crippen molar-refractivity contribution in [3.05, 3.63) is 22.1 Å². The first kappa shape index (κ1) is 11.8. The third-order valence-corrected chi connectivity index (χ3v) is 2.56. The second-order valence-corrected chi connectivity index (χ2v) is 4.07. The lowest BCUT2D eigenvalue weighted by atomic mass is 10.2. The first-order valence-electron chi connectivity index (χ1n) is 4.40. The number of aryl methyl sites for hydroxylation is 1. The Bertz CT molecular complexity index is 420. The molecule has 0 aromatic carbocycles. The molecular formula is C10H11BrN2O2. The van der Waals surface area contributed by atoms with E-state index >= 15 is 0 Å². The minimum absolute atomic E-state index is 0.270. The zero-order valence-electron chi connectivity index (χ0n) is 8.74. The molecular weight excluding hydrogens is 260 g/mol. The largest absolute Gasteiger partial charge is 0.444 e. The van der Waals surface area contributed by atoms with Crippen LogP contribution in [0.25, 0.3) is 0 Å². The lowest BCUT2D eigenvalue weighted by Crippen LogP contribution is -2.34. The Morgan fingerprint density at radius 2 is 2.33 bits per heavy atom. The summed E-state index contributed by atoms with van der Waals surface area (Å²) in [7, 11) is 1.58. The van der Waals surface area contributed by atoms with Gasteiger partial charge in [-0.1, -0.05) is 0 Å². The van der Waals surface area contributed by atoms with Crippen molar-refractivity contribution in [2.75, 3.05) is 7.05 Å². The number of carbonyl (C=O) groups excluding carboxylic acids is 1. The quantitative estimate of drug-likeness (QED) is 0.829. The number of nitrogens with zero attached hydrogens (tertiary/aromatic N) is 2. The topological polar surface area (TPSA) is 57.2 Å². The molecule has 1 aromatic heterocycles. The highest BCUT2D eigenvalue weighted by atomic mass is 79.9. The van der Waals surface area contributed by atoms with Crippen molar-refractivity contribution in [2.45, 2.75) is 19.9 Å². The number of nitriles is 1. The number of rotatable bonds is 2. The fraction of sp³-hybridized carbons (Fsp3) is 0.400. The molecule has 0 fully saturated rings. The molecule has 80 valence electrons. The minimum atomic E-state index is -0.472. The molecule has 0 aliphatic heterocycles. The van der Waals surface area contributed by atoms with Gasteiger partial charge in [-0.15, -0.1) is 0 Å². The fourth-order valence-corrected chi connectivity index (χ4v) is 1.58. The van der Waals surface area contributed by atoms with E-state index in [0.717, 1.165) is 5.56 Å². The van der Waals surface area contributed by atoms with Crippen LogP contribution < -0.4 is 0 Å². The van der Waals surface area contributed by atoms with E-state index in [9.17, 15) is 4.79 Å². The highest BCUT2D eigenvalue weighted by Crippen LogP contribution is 2.21. The van der Waals surface area contributed by atoms with E-state index < -0.39 is 6.04 Å². The molecule has 0 bridgehead atoms. The molecule has 0 radical (unpaired) electrons. The van der Waals surface area contributed by atoms with Gasteiger partial charge in [0.25, 0.3) is 5.91 Å². The number of hydrogen-bond donors (Lipinski definition) is 0. The van der Waals surface area contributed by atoms with Gasteiger partial charge in [0.05, 0.1) is 6.07 Å². The van der Waals surface area contributed by atoms with Gasteiger partial charge in [-0.05, 0) is 35.8 Å². The standard InChI is InChI=1S/C10H11BrN2O2/c1-6-4-8(11)15-9(6)10(14)13(3)7(2)5-12/h4,7H,1-3H3/t7-/m0/s1. The average molecular weight is 271 g/mol. The van der Waals surface area contributed by atoms with Gasteiger partial charge in [-0.3, -0.25) is 4.79 Å². The summed E-state index contributed by atoms with van der Waals surface area (Å²) in [6, 6.07) is 3.24. The molecule has 0 saturated carbocycles. The maximum atomic E-state index is 11.8. The summed E-state index contributed by atoms with van der Waals surface area (Å²) >= 11 is 3.15. The molecule has 1 aromatic rings. The highest BCUT2D eigenvalue weighted by molar-refractivity contribution is 9.10. The van der Waals surface area contributed by atoms with Gasteiger partial charge in [-0.25, -0.2) is 0 Å². The molecule has 1 amide bonds. The Kier molecular flexibility index (Phi) is 3.53. The molecule has 0 spiro atoms. The first-order valence-corrected chi connectivity index (χ1v) is 5.19. The molecule has 0 saturated heterocycles. The molecule has 1 rings (SSSR count). The van der Waals surface area contributed by atoms with Crippen LogP contribution in [-0.4, -0.2) is 23.9 Å². The van der Waals surface area contributed by atoms with Crippen LogP contribution in [-0.2, 0) is 0 Å². The summed E-state index contributed by atoms with van der Waals surface area (Å²) in [5.74, 6) is -0.0151. The molecule has 15 heavy (non-hydrogen) atoms. The van der Waals surface area contributed by atoms with Gasteiger partial charge in [-0.2, -0.15) is 5.26 Å². The Morgan fingerprint density at radius 3 is 2.73 bits per heavy atom. The number of amides is 1. The summed E-state index contributed by atoms with van der Waals surface area (Å²) in [6.07, 6.45) is 0. The van der Waals surface area contributed by atoms with E-state index in [4.69, 9.17) is 9.68 Å². The average Bonchev–Trinajstić information content (AvgIpc) is 2.54. The molecule has 5 heteroatoms. The van der Waals surface area contributed by atoms with Gasteiger partial charge in [0, 0.05) is 12.6 Å². The summed E-state index contributed by atoms with van der Waals surface area (Å²) in [6.45, 7) is 3.44. The Balaban J connectivity index is 2.96. The van der Waals surface area contributed by atoms with Gasteiger partial charge in [0.1, 0.15) is 6.04 Å². The third-order valence-electron chi connectivity index (χ3n) is 2.17. The minimum Gasteiger partial charge on any atom is -0.444 e. The van der Waals surface area contributed by atoms with E-state index in [1.54, 1.807) is 27.0 Å². The summed E-state index contributed by atoms with van der Waals surface area (Å²) in [4.78, 5) is 13.2. The van der Waals surface area contributed by atoms with Crippen molar-refractivity contribution in [2.24, 2.45) is 0 Å². The van der Waals surface area contributed by atoms with Gasteiger partial charge >= 0.3 is 0 Å². The maximum Gasteiger partial charge on any atom is 0.290 e. The molecule has 0 aliphatic carbocycles. The van der Waals surface area contributed by atoms with Gasteiger partial charge < -0.3 is 9.32 Å². The van der Waals surface area contributed by atoms with E-state index in [1.165, 1.54) is 4.90 Å². The van der Waals surface area contributed by atoms with Gasteiger partial charge in [0.2, 0.25) is 0 Å². The van der Waals surface area contributed by atoms with Crippen LogP contribution in [0.5, 0.6) is 0 Å². The molecule has 1 atom stereocenters. The summed E-state index contributed by atoms with van der Waals surface area (Å²) < 4.78 is 5.72. The summed E-state index contributed by atoms with van der Waals surface area (Å²) in [5.41, 5.74) is 0.754. The van der Waals surface area contributed by atoms with Crippen molar-refractivity contribution in [3.8, 4) is 6.07 Å². The third kappa shape index (κ3) is 2.39. The molecule has 0 aliphatic rings. The number of furan rings is 1. The van der Waals surface area contributed by atoms with Gasteiger partial charge in [0.15, 0.2) is 10.4 Å².